The van der Waals surface area contributed by atoms with Crippen LogP contribution in [0.4, 0.5) is 10.1 Å². The fourth-order valence-electron chi connectivity index (χ4n) is 2.24. The van der Waals surface area contributed by atoms with E-state index in [4.69, 9.17) is 11.6 Å². The minimum atomic E-state index is -0.327. The number of halogens is 3. The fraction of sp³-hybridized carbons (Fsp3) is 0.600. The molecule has 0 fully saturated rings. The van der Waals surface area contributed by atoms with E-state index in [1.165, 1.54) is 12.1 Å². The van der Waals surface area contributed by atoms with E-state index in [9.17, 15) is 4.39 Å². The van der Waals surface area contributed by atoms with Gasteiger partial charge in [0.25, 0.3) is 0 Å². The molecule has 0 spiro atoms. The van der Waals surface area contributed by atoms with E-state index in [1.807, 2.05) is 0 Å². The van der Waals surface area contributed by atoms with Gasteiger partial charge in [-0.25, -0.2) is 4.39 Å². The van der Waals surface area contributed by atoms with Gasteiger partial charge < -0.3 is 5.32 Å². The van der Waals surface area contributed by atoms with Crippen molar-refractivity contribution in [2.45, 2.75) is 46.6 Å². The predicted molar refractivity (Wildman–Crippen MR) is 85.4 cm³/mol. The summed E-state index contributed by atoms with van der Waals surface area (Å²) in [5.74, 6) is 0.884. The Morgan fingerprint density at radius 3 is 2.11 bits per heavy atom. The Balaban J connectivity index is 2.89. The number of hydrogen-bond acceptors (Lipinski definition) is 1. The van der Waals surface area contributed by atoms with Crippen LogP contribution in [0.1, 0.15) is 40.5 Å². The predicted octanol–water partition coefficient (Wildman–Crippen LogP) is 6.11. The summed E-state index contributed by atoms with van der Waals surface area (Å²) in [4.78, 5) is 0. The van der Waals surface area contributed by atoms with E-state index in [1.54, 1.807) is 0 Å². The first-order valence-corrected chi connectivity index (χ1v) is 7.87. The van der Waals surface area contributed by atoms with Crippen LogP contribution in [0.2, 0.25) is 5.02 Å². The largest absolute Gasteiger partial charge is 0.380 e. The second-order valence-electron chi connectivity index (χ2n) is 5.84. The van der Waals surface area contributed by atoms with Crippen molar-refractivity contribution in [3.8, 4) is 0 Å². The molecule has 0 radical (unpaired) electrons. The molecular weight excluding hydrogens is 329 g/mol. The van der Waals surface area contributed by atoms with Crippen LogP contribution in [0, 0.1) is 17.7 Å². The molecule has 4 heteroatoms. The Morgan fingerprint density at radius 1 is 1.16 bits per heavy atom. The van der Waals surface area contributed by atoms with Crippen LogP contribution in [0.25, 0.3) is 0 Å². The molecule has 1 aromatic carbocycles. The van der Waals surface area contributed by atoms with E-state index in [0.717, 1.165) is 18.5 Å². The Labute approximate surface area is 129 Å². The molecule has 0 atom stereocenters. The summed E-state index contributed by atoms with van der Waals surface area (Å²) in [5.41, 5.74) is 0.786. The molecule has 1 N–H and O–H groups in total. The van der Waals surface area contributed by atoms with Gasteiger partial charge in [0.1, 0.15) is 5.82 Å². The zero-order valence-electron chi connectivity index (χ0n) is 11.9. The molecule has 0 unspecified atom stereocenters. The molecular formula is C15H22BrClFN. The Kier molecular flexibility index (Phi) is 6.61. The van der Waals surface area contributed by atoms with Gasteiger partial charge in [0.2, 0.25) is 0 Å². The van der Waals surface area contributed by atoms with Gasteiger partial charge in [-0.2, -0.15) is 0 Å². The number of anilines is 1. The topological polar surface area (TPSA) is 12.0 Å². The van der Waals surface area contributed by atoms with Gasteiger partial charge in [-0.1, -0.05) is 39.3 Å². The fourth-order valence-corrected chi connectivity index (χ4v) is 3.16. The molecule has 19 heavy (non-hydrogen) atoms. The molecule has 1 nitrogen and oxygen atoms in total. The van der Waals surface area contributed by atoms with Gasteiger partial charge in [-0.15, -0.1) is 0 Å². The van der Waals surface area contributed by atoms with Crippen LogP contribution in [0.3, 0.4) is 0 Å². The minimum absolute atomic E-state index is 0.327. The Morgan fingerprint density at radius 2 is 1.68 bits per heavy atom. The first kappa shape index (κ1) is 16.8. The minimum Gasteiger partial charge on any atom is -0.380 e. The SMILES string of the molecule is CC(C)CC(CC(C)C)Nc1c(Cl)cc(F)cc1Br. The Hall–Kier alpha value is -0.280. The van der Waals surface area contributed by atoms with Gasteiger partial charge in [0, 0.05) is 10.5 Å². The first-order chi connectivity index (χ1) is 8.79. The molecule has 0 saturated heterocycles. The average molecular weight is 351 g/mol. The van der Waals surface area contributed by atoms with E-state index >= 15 is 0 Å². The summed E-state index contributed by atoms with van der Waals surface area (Å²) in [5, 5.41) is 3.88. The standard InChI is InChI=1S/C15H22BrClFN/c1-9(2)5-12(6-10(3)4)19-15-13(16)7-11(18)8-14(15)17/h7-10,12,19H,5-6H2,1-4H3. The van der Waals surface area contributed by atoms with Gasteiger partial charge >= 0.3 is 0 Å². The van der Waals surface area contributed by atoms with E-state index in [-0.39, 0.29) is 5.82 Å². The number of nitrogens with one attached hydrogen (secondary N) is 1. The third kappa shape index (κ3) is 5.70. The van der Waals surface area contributed by atoms with Crippen molar-refractivity contribution in [2.24, 2.45) is 11.8 Å². The van der Waals surface area contributed by atoms with Crippen molar-refractivity contribution in [3.63, 3.8) is 0 Å². The van der Waals surface area contributed by atoms with Gasteiger partial charge in [0.05, 0.1) is 10.7 Å². The average Bonchev–Trinajstić information content (AvgIpc) is 2.21. The van der Waals surface area contributed by atoms with Crippen molar-refractivity contribution in [3.05, 3.63) is 27.4 Å². The highest BCUT2D eigenvalue weighted by Crippen LogP contribution is 2.33. The lowest BCUT2D eigenvalue weighted by Gasteiger charge is -2.24. The van der Waals surface area contributed by atoms with E-state index in [0.29, 0.717) is 27.4 Å². The molecule has 1 rings (SSSR count). The van der Waals surface area contributed by atoms with Crippen LogP contribution >= 0.6 is 27.5 Å². The summed E-state index contributed by atoms with van der Waals surface area (Å²) in [6.45, 7) is 8.82. The second kappa shape index (κ2) is 7.49. The van der Waals surface area contributed by atoms with Crippen LogP contribution in [-0.4, -0.2) is 6.04 Å². The Bertz CT molecular complexity index is 388. The molecule has 0 aliphatic heterocycles. The summed E-state index contributed by atoms with van der Waals surface area (Å²) < 4.78 is 13.9. The third-order valence-electron chi connectivity index (χ3n) is 2.87. The molecule has 0 heterocycles. The van der Waals surface area contributed by atoms with Gasteiger partial charge in [0.15, 0.2) is 0 Å². The highest BCUT2D eigenvalue weighted by Gasteiger charge is 2.16. The highest BCUT2D eigenvalue weighted by molar-refractivity contribution is 9.10. The summed E-state index contributed by atoms with van der Waals surface area (Å²) in [6, 6.07) is 3.13. The highest BCUT2D eigenvalue weighted by atomic mass is 79.9. The van der Waals surface area contributed by atoms with Crippen molar-refractivity contribution in [2.75, 3.05) is 5.32 Å². The molecule has 0 saturated carbocycles. The lowest BCUT2D eigenvalue weighted by Crippen LogP contribution is -2.24. The molecule has 1 aromatic rings. The molecule has 0 bridgehead atoms. The molecule has 108 valence electrons. The van der Waals surface area contributed by atoms with Crippen molar-refractivity contribution in [1.82, 2.24) is 0 Å². The monoisotopic (exact) mass is 349 g/mol. The quantitative estimate of drug-likeness (QED) is 0.652. The van der Waals surface area contributed by atoms with E-state index in [2.05, 4.69) is 48.9 Å². The number of benzene rings is 1. The summed E-state index contributed by atoms with van der Waals surface area (Å²) in [6.07, 6.45) is 2.14. The van der Waals surface area contributed by atoms with Crippen molar-refractivity contribution >= 4 is 33.2 Å². The number of rotatable bonds is 6. The van der Waals surface area contributed by atoms with Crippen LogP contribution < -0.4 is 5.32 Å². The maximum atomic E-state index is 13.2. The summed E-state index contributed by atoms with van der Waals surface area (Å²) >= 11 is 9.49. The summed E-state index contributed by atoms with van der Waals surface area (Å²) in [7, 11) is 0. The molecule has 0 aliphatic rings. The molecule has 0 aliphatic carbocycles. The lowest BCUT2D eigenvalue weighted by molar-refractivity contribution is 0.442. The molecule has 0 aromatic heterocycles. The zero-order chi connectivity index (χ0) is 14.6. The number of hydrogen-bond donors (Lipinski definition) is 1. The first-order valence-electron chi connectivity index (χ1n) is 6.70. The maximum absolute atomic E-state index is 13.2. The maximum Gasteiger partial charge on any atom is 0.125 e. The van der Waals surface area contributed by atoms with Gasteiger partial charge in [-0.3, -0.25) is 0 Å². The lowest BCUT2D eigenvalue weighted by atomic mass is 9.95. The second-order valence-corrected chi connectivity index (χ2v) is 7.11. The normalized spacial score (nSPS) is 11.7. The van der Waals surface area contributed by atoms with Crippen molar-refractivity contribution in [1.29, 1.82) is 0 Å². The smallest absolute Gasteiger partial charge is 0.125 e. The third-order valence-corrected chi connectivity index (χ3v) is 3.79. The zero-order valence-corrected chi connectivity index (χ0v) is 14.3. The van der Waals surface area contributed by atoms with E-state index < -0.39 is 0 Å². The van der Waals surface area contributed by atoms with Crippen LogP contribution in [-0.2, 0) is 0 Å². The van der Waals surface area contributed by atoms with Crippen LogP contribution in [0.5, 0.6) is 0 Å². The van der Waals surface area contributed by atoms with Crippen LogP contribution in [0.15, 0.2) is 16.6 Å². The van der Waals surface area contributed by atoms with Gasteiger partial charge in [-0.05, 0) is 52.7 Å². The molecule has 0 amide bonds. The van der Waals surface area contributed by atoms with Crippen molar-refractivity contribution < 1.29 is 4.39 Å².